The van der Waals surface area contributed by atoms with Crippen molar-refractivity contribution in [2.45, 2.75) is 19.4 Å². The summed E-state index contributed by atoms with van der Waals surface area (Å²) in [6, 6.07) is 7.87. The Kier molecular flexibility index (Phi) is 5.20. The average molecular weight is 260 g/mol. The van der Waals surface area contributed by atoms with Gasteiger partial charge >= 0.3 is 0 Å². The predicted molar refractivity (Wildman–Crippen MR) is 73.0 cm³/mol. The summed E-state index contributed by atoms with van der Waals surface area (Å²) in [7, 11) is 1.58. The predicted octanol–water partition coefficient (Wildman–Crippen LogP) is 2.08. The molecule has 4 heteroatoms. The van der Waals surface area contributed by atoms with Crippen molar-refractivity contribution in [3.63, 3.8) is 0 Å². The van der Waals surface area contributed by atoms with E-state index in [2.05, 4.69) is 11.4 Å². The molecule has 1 aliphatic heterocycles. The molecule has 4 nitrogen and oxygen atoms in total. The van der Waals surface area contributed by atoms with E-state index in [0.29, 0.717) is 17.2 Å². The molecule has 19 heavy (non-hydrogen) atoms. The molecule has 2 rings (SSSR count). The summed E-state index contributed by atoms with van der Waals surface area (Å²) in [5, 5.41) is 12.5. The highest BCUT2D eigenvalue weighted by atomic mass is 16.5. The van der Waals surface area contributed by atoms with Crippen LogP contribution in [0.4, 0.5) is 0 Å². The van der Waals surface area contributed by atoms with Crippen molar-refractivity contribution in [3.05, 3.63) is 29.3 Å². The monoisotopic (exact) mass is 260 g/mol. The average Bonchev–Trinajstić information content (AvgIpc) is 2.48. The summed E-state index contributed by atoms with van der Waals surface area (Å²) in [5.74, 6) is 1.24. The van der Waals surface area contributed by atoms with Gasteiger partial charge in [0.25, 0.3) is 0 Å². The summed E-state index contributed by atoms with van der Waals surface area (Å²) in [6.45, 7) is 3.50. The first-order chi connectivity index (χ1) is 9.33. The maximum Gasteiger partial charge on any atom is 0.136 e. The Morgan fingerprint density at radius 2 is 2.42 bits per heavy atom. The number of hydrogen-bond acceptors (Lipinski definition) is 4. The van der Waals surface area contributed by atoms with Crippen LogP contribution in [-0.2, 0) is 11.3 Å². The van der Waals surface area contributed by atoms with Gasteiger partial charge in [0.15, 0.2) is 0 Å². The zero-order valence-corrected chi connectivity index (χ0v) is 11.3. The number of nitrogens with one attached hydrogen (secondary N) is 1. The van der Waals surface area contributed by atoms with Crippen LogP contribution in [-0.4, -0.2) is 26.9 Å². The van der Waals surface area contributed by atoms with Crippen LogP contribution in [0.15, 0.2) is 18.2 Å². The molecule has 0 saturated carbocycles. The lowest BCUT2D eigenvalue weighted by Gasteiger charge is -2.22. The highest BCUT2D eigenvalue weighted by Gasteiger charge is 2.13. The highest BCUT2D eigenvalue weighted by Crippen LogP contribution is 2.19. The molecule has 0 amide bonds. The summed E-state index contributed by atoms with van der Waals surface area (Å²) in [5.41, 5.74) is 1.69. The van der Waals surface area contributed by atoms with E-state index >= 15 is 0 Å². The molecular formula is C15H20N2O2. The Labute approximate surface area is 114 Å². The second kappa shape index (κ2) is 7.13. The SMILES string of the molecule is COc1ccc(CNC[C@@H]2CCCOC2)cc1C#N. The van der Waals surface area contributed by atoms with Crippen LogP contribution in [0.3, 0.4) is 0 Å². The summed E-state index contributed by atoms with van der Waals surface area (Å²) >= 11 is 0. The largest absolute Gasteiger partial charge is 0.495 e. The number of hydrogen-bond donors (Lipinski definition) is 1. The lowest BCUT2D eigenvalue weighted by molar-refractivity contribution is 0.0547. The minimum Gasteiger partial charge on any atom is -0.495 e. The van der Waals surface area contributed by atoms with Crippen LogP contribution in [0.1, 0.15) is 24.0 Å². The van der Waals surface area contributed by atoms with Gasteiger partial charge in [-0.25, -0.2) is 0 Å². The number of rotatable bonds is 5. The van der Waals surface area contributed by atoms with Crippen LogP contribution in [0.25, 0.3) is 0 Å². The topological polar surface area (TPSA) is 54.3 Å². The Hall–Kier alpha value is -1.57. The van der Waals surface area contributed by atoms with Gasteiger partial charge in [0.05, 0.1) is 19.3 Å². The Morgan fingerprint density at radius 3 is 3.11 bits per heavy atom. The van der Waals surface area contributed by atoms with Crippen LogP contribution >= 0.6 is 0 Å². The minimum atomic E-state index is 0.586. The van der Waals surface area contributed by atoms with Crippen molar-refractivity contribution in [1.29, 1.82) is 5.26 Å². The first-order valence-electron chi connectivity index (χ1n) is 6.69. The van der Waals surface area contributed by atoms with Crippen molar-refractivity contribution in [1.82, 2.24) is 5.32 Å². The maximum absolute atomic E-state index is 9.04. The Morgan fingerprint density at radius 1 is 1.53 bits per heavy atom. The van der Waals surface area contributed by atoms with Crippen LogP contribution in [0, 0.1) is 17.2 Å². The minimum absolute atomic E-state index is 0.586. The van der Waals surface area contributed by atoms with Crippen LogP contribution in [0.2, 0.25) is 0 Å². The molecule has 0 unspecified atom stereocenters. The summed E-state index contributed by atoms with van der Waals surface area (Å²) in [4.78, 5) is 0. The Balaban J connectivity index is 1.84. The maximum atomic E-state index is 9.04. The number of methoxy groups -OCH3 is 1. The van der Waals surface area contributed by atoms with Gasteiger partial charge in [0, 0.05) is 19.7 Å². The molecule has 1 aromatic carbocycles. The van der Waals surface area contributed by atoms with Gasteiger partial charge in [0.2, 0.25) is 0 Å². The van der Waals surface area contributed by atoms with Gasteiger partial charge in [-0.15, -0.1) is 0 Å². The second-order valence-electron chi connectivity index (χ2n) is 4.86. The van der Waals surface area contributed by atoms with Gasteiger partial charge in [0.1, 0.15) is 11.8 Å². The van der Waals surface area contributed by atoms with E-state index < -0.39 is 0 Å². The molecule has 0 bridgehead atoms. The quantitative estimate of drug-likeness (QED) is 0.880. The molecule has 1 heterocycles. The third kappa shape index (κ3) is 3.95. The van der Waals surface area contributed by atoms with Gasteiger partial charge in [-0.2, -0.15) is 5.26 Å². The third-order valence-electron chi connectivity index (χ3n) is 3.40. The molecule has 0 spiro atoms. The molecule has 1 fully saturated rings. The van der Waals surface area contributed by atoms with Crippen molar-refractivity contribution >= 4 is 0 Å². The van der Waals surface area contributed by atoms with E-state index in [1.54, 1.807) is 7.11 Å². The van der Waals surface area contributed by atoms with Crippen molar-refractivity contribution < 1.29 is 9.47 Å². The first kappa shape index (κ1) is 13.9. The highest BCUT2D eigenvalue weighted by molar-refractivity contribution is 5.45. The second-order valence-corrected chi connectivity index (χ2v) is 4.86. The number of benzene rings is 1. The molecule has 102 valence electrons. The van der Waals surface area contributed by atoms with E-state index in [1.165, 1.54) is 6.42 Å². The van der Waals surface area contributed by atoms with E-state index in [0.717, 1.165) is 38.3 Å². The van der Waals surface area contributed by atoms with E-state index in [-0.39, 0.29) is 0 Å². The van der Waals surface area contributed by atoms with E-state index in [9.17, 15) is 0 Å². The molecule has 1 saturated heterocycles. The van der Waals surface area contributed by atoms with Crippen LogP contribution < -0.4 is 10.1 Å². The fourth-order valence-corrected chi connectivity index (χ4v) is 2.34. The van der Waals surface area contributed by atoms with Crippen molar-refractivity contribution in [3.8, 4) is 11.8 Å². The summed E-state index contributed by atoms with van der Waals surface area (Å²) < 4.78 is 10.6. The molecule has 1 aliphatic rings. The lowest BCUT2D eigenvalue weighted by atomic mass is 10.0. The zero-order chi connectivity index (χ0) is 13.5. The van der Waals surface area contributed by atoms with Gasteiger partial charge in [-0.05, 0) is 36.5 Å². The van der Waals surface area contributed by atoms with Gasteiger partial charge in [-0.1, -0.05) is 6.07 Å². The fraction of sp³-hybridized carbons (Fsp3) is 0.533. The van der Waals surface area contributed by atoms with Crippen LogP contribution in [0.5, 0.6) is 5.75 Å². The molecular weight excluding hydrogens is 240 g/mol. The molecule has 1 aromatic rings. The van der Waals surface area contributed by atoms with E-state index in [4.69, 9.17) is 14.7 Å². The molecule has 0 radical (unpaired) electrons. The number of ether oxygens (including phenoxy) is 2. The van der Waals surface area contributed by atoms with Gasteiger partial charge < -0.3 is 14.8 Å². The first-order valence-corrected chi connectivity index (χ1v) is 6.69. The normalized spacial score (nSPS) is 18.8. The summed E-state index contributed by atoms with van der Waals surface area (Å²) in [6.07, 6.45) is 2.40. The van der Waals surface area contributed by atoms with Gasteiger partial charge in [-0.3, -0.25) is 0 Å². The van der Waals surface area contributed by atoms with Crippen molar-refractivity contribution in [2.24, 2.45) is 5.92 Å². The molecule has 1 N–H and O–H groups in total. The lowest BCUT2D eigenvalue weighted by Crippen LogP contribution is -2.28. The fourth-order valence-electron chi connectivity index (χ4n) is 2.34. The number of nitriles is 1. The number of nitrogens with zero attached hydrogens (tertiary/aromatic N) is 1. The molecule has 0 aliphatic carbocycles. The van der Waals surface area contributed by atoms with E-state index in [1.807, 2.05) is 18.2 Å². The molecule has 0 aromatic heterocycles. The zero-order valence-electron chi connectivity index (χ0n) is 11.3. The molecule has 1 atom stereocenters. The third-order valence-corrected chi connectivity index (χ3v) is 3.40. The standard InChI is InChI=1S/C15H20N2O2/c1-18-15-5-4-12(7-14(15)8-16)9-17-10-13-3-2-6-19-11-13/h4-5,7,13,17H,2-3,6,9-11H2,1H3/t13-/m0/s1. The Bertz CT molecular complexity index is 448. The van der Waals surface area contributed by atoms with Crippen molar-refractivity contribution in [2.75, 3.05) is 26.9 Å². The smallest absolute Gasteiger partial charge is 0.136 e.